The third-order valence-corrected chi connectivity index (χ3v) is 12.7. The molecule has 23 heteroatoms. The van der Waals surface area contributed by atoms with Gasteiger partial charge in [-0.15, -0.1) is 0 Å². The summed E-state index contributed by atoms with van der Waals surface area (Å²) in [5.41, 5.74) is 2.88. The number of hydrazine groups is 1. The molecule has 0 aliphatic carbocycles. The Morgan fingerprint density at radius 3 is 1.73 bits per heavy atom. The second kappa shape index (κ2) is 21.4. The number of urea groups is 2. The SMILES string of the molecule is CN(C)CCN(C(=O)Nc1ccc(-c2nc(N3CCOCC3)nc(N3CCC4(CC3)OCCO4)n2)cc1)N(C(=O)Nc1ccncc1)c1ccc(-c2nc(NC3CNC3)nc(N3CCOCC3)n2)cc1. The monoisotopic (exact) mass is 957 g/mol. The first-order chi connectivity index (χ1) is 34.2. The number of benzene rings is 2. The van der Waals surface area contributed by atoms with Crippen LogP contribution < -0.4 is 41.0 Å². The summed E-state index contributed by atoms with van der Waals surface area (Å²) in [6.45, 7) is 9.75. The van der Waals surface area contributed by atoms with Crippen molar-refractivity contribution >= 4 is 52.9 Å². The normalized spacial score (nSPS) is 18.1. The number of pyridine rings is 1. The number of hydrogen-bond donors (Lipinski definition) is 4. The van der Waals surface area contributed by atoms with E-state index in [4.69, 9.17) is 48.9 Å². The number of anilines is 7. The Hall–Kier alpha value is -6.89. The molecule has 10 rings (SSSR count). The summed E-state index contributed by atoms with van der Waals surface area (Å²) in [6.07, 6.45) is 4.60. The highest BCUT2D eigenvalue weighted by atomic mass is 16.7. The van der Waals surface area contributed by atoms with Crippen LogP contribution in [0.3, 0.4) is 0 Å². The van der Waals surface area contributed by atoms with Crippen molar-refractivity contribution in [2.45, 2.75) is 24.7 Å². The Labute approximate surface area is 405 Å². The molecule has 3 aromatic heterocycles. The molecule has 5 saturated heterocycles. The zero-order valence-corrected chi connectivity index (χ0v) is 39.5. The molecule has 1 spiro atoms. The van der Waals surface area contributed by atoms with E-state index in [1.54, 1.807) is 48.8 Å². The molecule has 5 aliphatic rings. The van der Waals surface area contributed by atoms with Crippen LogP contribution in [-0.4, -0.2) is 188 Å². The van der Waals surface area contributed by atoms with Crippen LogP contribution in [0.15, 0.2) is 73.1 Å². The standard InChI is InChI=1S/C47H59N17O6/c1-59(2)19-20-63(45(65)51-35-7-3-33(4-8-35)40-55-43(58-44(56-40)62-23-27-68-28-24-62)60-17-13-47(14-18-60)69-29-30-70-47)64(46(66)52-36-11-15-48-16-12-36)38-9-5-34(6-10-38)39-53-41(50-37-31-49-32-37)57-42(54-39)61-21-25-67-26-22-61/h3-12,15-16,37,49H,13-14,17-32H2,1-2H3,(H,51,65)(H,48,52,66)(H,50,53,54,57). The first-order valence-electron chi connectivity index (χ1n) is 23.9. The topological polar surface area (TPSA) is 229 Å². The van der Waals surface area contributed by atoms with Gasteiger partial charge in [-0.05, 0) is 74.8 Å². The fourth-order valence-corrected chi connectivity index (χ4v) is 8.61. The first kappa shape index (κ1) is 46.8. The van der Waals surface area contributed by atoms with Crippen molar-refractivity contribution < 1.29 is 28.5 Å². The quantitative estimate of drug-likeness (QED) is 0.124. The fraction of sp³-hybridized carbons (Fsp3) is 0.468. The molecule has 0 radical (unpaired) electrons. The molecular formula is C47H59N17O6. The molecule has 23 nitrogen and oxygen atoms in total. The molecule has 4 N–H and O–H groups in total. The second-order valence-electron chi connectivity index (χ2n) is 17.8. The number of morpholine rings is 2. The van der Waals surface area contributed by atoms with Gasteiger partial charge in [0.2, 0.25) is 23.8 Å². The predicted molar refractivity (Wildman–Crippen MR) is 263 cm³/mol. The summed E-state index contributed by atoms with van der Waals surface area (Å²) >= 11 is 0. The summed E-state index contributed by atoms with van der Waals surface area (Å²) in [4.78, 5) is 70.9. The number of aromatic nitrogens is 7. The molecular weight excluding hydrogens is 899 g/mol. The summed E-state index contributed by atoms with van der Waals surface area (Å²) < 4.78 is 23.2. The number of nitrogens with zero attached hydrogens (tertiary/aromatic N) is 13. The Morgan fingerprint density at radius 2 is 1.16 bits per heavy atom. The van der Waals surface area contributed by atoms with Gasteiger partial charge in [0.25, 0.3) is 0 Å². The number of hydrogen-bond acceptors (Lipinski definition) is 19. The Morgan fingerprint density at radius 1 is 0.629 bits per heavy atom. The number of piperidine rings is 1. The molecule has 368 valence electrons. The van der Waals surface area contributed by atoms with Gasteiger partial charge in [0, 0.05) is 107 Å². The maximum absolute atomic E-state index is 14.7. The van der Waals surface area contributed by atoms with E-state index in [1.165, 1.54) is 10.0 Å². The average molecular weight is 958 g/mol. The van der Waals surface area contributed by atoms with Crippen LogP contribution >= 0.6 is 0 Å². The largest absolute Gasteiger partial charge is 0.378 e. The molecule has 0 unspecified atom stereocenters. The Bertz CT molecular complexity index is 2550. The first-order valence-corrected chi connectivity index (χ1v) is 23.9. The highest BCUT2D eigenvalue weighted by Gasteiger charge is 2.40. The summed E-state index contributed by atoms with van der Waals surface area (Å²) in [5.74, 6) is 2.65. The van der Waals surface area contributed by atoms with Gasteiger partial charge in [-0.1, -0.05) is 0 Å². The highest BCUT2D eigenvalue weighted by molar-refractivity contribution is 6.04. The van der Waals surface area contributed by atoms with E-state index < -0.39 is 17.8 Å². The minimum Gasteiger partial charge on any atom is -0.378 e. The Balaban J connectivity index is 0.920. The van der Waals surface area contributed by atoms with E-state index in [1.807, 2.05) is 43.3 Å². The van der Waals surface area contributed by atoms with Crippen molar-refractivity contribution in [1.29, 1.82) is 0 Å². The molecule has 2 aromatic carbocycles. The van der Waals surface area contributed by atoms with Crippen molar-refractivity contribution in [2.75, 3.05) is 155 Å². The fourth-order valence-electron chi connectivity index (χ4n) is 8.61. The molecule has 0 bridgehead atoms. The van der Waals surface area contributed by atoms with Crippen molar-refractivity contribution in [1.82, 2.24) is 50.1 Å². The molecule has 5 aliphatic heterocycles. The van der Waals surface area contributed by atoms with E-state index in [0.717, 1.165) is 18.7 Å². The van der Waals surface area contributed by atoms with Crippen molar-refractivity contribution in [3.05, 3.63) is 73.1 Å². The van der Waals surface area contributed by atoms with E-state index in [9.17, 15) is 9.59 Å². The van der Waals surface area contributed by atoms with Crippen LogP contribution in [-0.2, 0) is 18.9 Å². The Kier molecular flexibility index (Phi) is 14.3. The minimum absolute atomic E-state index is 0.150. The van der Waals surface area contributed by atoms with Gasteiger partial charge in [-0.2, -0.15) is 34.9 Å². The van der Waals surface area contributed by atoms with Crippen molar-refractivity contribution in [2.24, 2.45) is 0 Å². The van der Waals surface area contributed by atoms with E-state index in [-0.39, 0.29) is 12.6 Å². The summed E-state index contributed by atoms with van der Waals surface area (Å²) in [6, 6.07) is 17.1. The molecule has 8 heterocycles. The molecule has 5 fully saturated rings. The van der Waals surface area contributed by atoms with Gasteiger partial charge < -0.3 is 59.8 Å². The molecule has 4 amide bonds. The lowest BCUT2D eigenvalue weighted by atomic mass is 10.0. The number of carbonyl (C=O) groups excluding carboxylic acids is 2. The average Bonchev–Trinajstić information content (AvgIpc) is 3.84. The smallest absolute Gasteiger partial charge is 0.345 e. The lowest BCUT2D eigenvalue weighted by molar-refractivity contribution is -0.169. The maximum Gasteiger partial charge on any atom is 0.345 e. The maximum atomic E-state index is 14.7. The van der Waals surface area contributed by atoms with Crippen LogP contribution in [0.4, 0.5) is 50.4 Å². The van der Waals surface area contributed by atoms with E-state index >= 15 is 0 Å². The van der Waals surface area contributed by atoms with Crippen molar-refractivity contribution in [3.63, 3.8) is 0 Å². The number of likely N-dealkylation sites (N-methyl/N-ethyl adjacent to an activating group) is 1. The third kappa shape index (κ3) is 11.1. The van der Waals surface area contributed by atoms with Crippen LogP contribution in [0.1, 0.15) is 12.8 Å². The molecule has 0 saturated carbocycles. The minimum atomic E-state index is -0.563. The van der Waals surface area contributed by atoms with Crippen LogP contribution in [0.25, 0.3) is 22.8 Å². The van der Waals surface area contributed by atoms with Crippen LogP contribution in [0.5, 0.6) is 0 Å². The highest BCUT2D eigenvalue weighted by Crippen LogP contribution is 2.34. The summed E-state index contributed by atoms with van der Waals surface area (Å²) in [7, 11) is 3.82. The molecule has 70 heavy (non-hydrogen) atoms. The van der Waals surface area contributed by atoms with Gasteiger partial charge in [0.15, 0.2) is 17.4 Å². The second-order valence-corrected chi connectivity index (χ2v) is 17.8. The lowest BCUT2D eigenvalue weighted by Gasteiger charge is -2.37. The van der Waals surface area contributed by atoms with Crippen LogP contribution in [0, 0.1) is 0 Å². The van der Waals surface area contributed by atoms with Crippen LogP contribution in [0.2, 0.25) is 0 Å². The number of carbonyl (C=O) groups is 2. The van der Waals surface area contributed by atoms with Gasteiger partial charge in [0.05, 0.1) is 57.9 Å². The third-order valence-electron chi connectivity index (χ3n) is 12.7. The van der Waals surface area contributed by atoms with Crippen molar-refractivity contribution in [3.8, 4) is 22.8 Å². The predicted octanol–water partition coefficient (Wildman–Crippen LogP) is 3.24. The number of nitrogens with one attached hydrogen (secondary N) is 4. The van der Waals surface area contributed by atoms with Gasteiger partial charge >= 0.3 is 12.1 Å². The molecule has 5 aromatic rings. The van der Waals surface area contributed by atoms with E-state index in [2.05, 4.69) is 41.0 Å². The van der Waals surface area contributed by atoms with E-state index in [0.29, 0.717) is 156 Å². The number of ether oxygens (including phenoxy) is 4. The van der Waals surface area contributed by atoms with Gasteiger partial charge in [-0.3, -0.25) is 4.98 Å². The zero-order valence-electron chi connectivity index (χ0n) is 39.5. The zero-order chi connectivity index (χ0) is 47.9. The number of rotatable bonds is 13. The molecule has 0 atom stereocenters. The van der Waals surface area contributed by atoms with Gasteiger partial charge in [0.1, 0.15) is 0 Å². The van der Waals surface area contributed by atoms with Gasteiger partial charge in [-0.25, -0.2) is 14.6 Å². The summed E-state index contributed by atoms with van der Waals surface area (Å²) in [5, 5.41) is 15.4. The lowest BCUT2D eigenvalue weighted by Crippen LogP contribution is -2.55. The number of amides is 4.